The van der Waals surface area contributed by atoms with Crippen molar-refractivity contribution in [2.75, 3.05) is 0 Å². The molecule has 0 atom stereocenters. The highest BCUT2D eigenvalue weighted by Crippen LogP contribution is 2.25. The van der Waals surface area contributed by atoms with Crippen LogP contribution in [-0.4, -0.2) is 14.5 Å². The first kappa shape index (κ1) is 11.0. The molecule has 0 radical (unpaired) electrons. The normalized spacial score (nSPS) is 11.3. The van der Waals surface area contributed by atoms with Crippen molar-refractivity contribution >= 4 is 5.84 Å². The highest BCUT2D eigenvalue weighted by Gasteiger charge is 2.16. The van der Waals surface area contributed by atoms with Gasteiger partial charge in [-0.1, -0.05) is 0 Å². The number of halogens is 1. The third-order valence-electron chi connectivity index (χ3n) is 2.81. The lowest BCUT2D eigenvalue weighted by Crippen LogP contribution is -1.92. The summed E-state index contributed by atoms with van der Waals surface area (Å²) in [4.78, 5) is 4.32. The molecule has 2 aromatic heterocycles. The second-order valence-corrected chi connectivity index (χ2v) is 4.07. The number of oxazole rings is 1. The lowest BCUT2D eigenvalue weighted by molar-refractivity contribution is 0.276. The Labute approximate surface area is 102 Å². The van der Waals surface area contributed by atoms with Crippen molar-refractivity contribution in [2.45, 2.75) is 13.5 Å². The molecule has 0 aliphatic rings. The fourth-order valence-electron chi connectivity index (χ4n) is 1.99. The Kier molecular flexibility index (Phi) is 2.41. The minimum atomic E-state index is -0.303. The molecule has 3 rings (SSSR count). The maximum absolute atomic E-state index is 12.9. The number of hydrogen-bond donors (Lipinski definition) is 1. The molecule has 4 nitrogen and oxygen atoms in total. The highest BCUT2D eigenvalue weighted by molar-refractivity contribution is 5.64. The molecule has 1 N–H and O–H groups in total. The summed E-state index contributed by atoms with van der Waals surface area (Å²) < 4.78 is 20.0. The van der Waals surface area contributed by atoms with Gasteiger partial charge in [-0.25, -0.2) is 4.39 Å². The number of benzene rings is 1. The summed E-state index contributed by atoms with van der Waals surface area (Å²) in [7, 11) is 0. The number of aliphatic hydroxyl groups is 1. The topological polar surface area (TPSA) is 50.7 Å². The van der Waals surface area contributed by atoms with E-state index in [1.807, 2.05) is 6.92 Å². The van der Waals surface area contributed by atoms with E-state index in [-0.39, 0.29) is 12.4 Å². The van der Waals surface area contributed by atoms with Gasteiger partial charge in [0.1, 0.15) is 11.6 Å². The molecule has 0 aliphatic heterocycles. The van der Waals surface area contributed by atoms with Crippen LogP contribution in [0.1, 0.15) is 11.5 Å². The van der Waals surface area contributed by atoms with E-state index >= 15 is 0 Å². The Balaban J connectivity index is 2.22. The van der Waals surface area contributed by atoms with Crippen LogP contribution in [0.2, 0.25) is 0 Å². The molecule has 1 aromatic carbocycles. The van der Waals surface area contributed by atoms with Gasteiger partial charge in [-0.05, 0) is 31.2 Å². The van der Waals surface area contributed by atoms with E-state index in [1.165, 1.54) is 12.1 Å². The van der Waals surface area contributed by atoms with E-state index in [0.29, 0.717) is 17.2 Å². The maximum atomic E-state index is 12.9. The zero-order valence-electron chi connectivity index (χ0n) is 9.72. The van der Waals surface area contributed by atoms with Crippen LogP contribution in [0.5, 0.6) is 0 Å². The van der Waals surface area contributed by atoms with E-state index in [4.69, 9.17) is 4.42 Å². The SMILES string of the molecule is Cc1cn2c(CO)c(-c3ccc(F)cc3)nc2o1. The molecule has 0 saturated carbocycles. The van der Waals surface area contributed by atoms with Crippen LogP contribution in [0.15, 0.2) is 34.9 Å². The number of hydrogen-bond acceptors (Lipinski definition) is 3. The lowest BCUT2D eigenvalue weighted by Gasteiger charge is -2.00. The van der Waals surface area contributed by atoms with Crippen molar-refractivity contribution in [1.82, 2.24) is 9.38 Å². The van der Waals surface area contributed by atoms with Gasteiger partial charge < -0.3 is 9.52 Å². The van der Waals surface area contributed by atoms with Gasteiger partial charge in [-0.2, -0.15) is 4.98 Å². The van der Waals surface area contributed by atoms with Crippen molar-refractivity contribution in [3.8, 4) is 11.3 Å². The minimum absolute atomic E-state index is 0.160. The van der Waals surface area contributed by atoms with Crippen LogP contribution in [0.3, 0.4) is 0 Å². The molecule has 0 bridgehead atoms. The van der Waals surface area contributed by atoms with Crippen LogP contribution >= 0.6 is 0 Å². The van der Waals surface area contributed by atoms with Crippen molar-refractivity contribution in [2.24, 2.45) is 0 Å². The van der Waals surface area contributed by atoms with Crippen LogP contribution < -0.4 is 0 Å². The molecule has 0 fully saturated rings. The maximum Gasteiger partial charge on any atom is 0.306 e. The Morgan fingerprint density at radius 3 is 2.72 bits per heavy atom. The highest BCUT2D eigenvalue weighted by atomic mass is 19.1. The van der Waals surface area contributed by atoms with Gasteiger partial charge in [0.05, 0.1) is 24.2 Å². The quantitative estimate of drug-likeness (QED) is 0.756. The lowest BCUT2D eigenvalue weighted by atomic mass is 10.1. The zero-order chi connectivity index (χ0) is 12.7. The molecule has 92 valence electrons. The first-order chi connectivity index (χ1) is 8.69. The molecule has 0 amide bonds. The Morgan fingerprint density at radius 1 is 1.33 bits per heavy atom. The van der Waals surface area contributed by atoms with Gasteiger partial charge >= 0.3 is 5.84 Å². The molecule has 0 saturated heterocycles. The van der Waals surface area contributed by atoms with Crippen molar-refractivity contribution in [1.29, 1.82) is 0 Å². The summed E-state index contributed by atoms with van der Waals surface area (Å²) in [6.07, 6.45) is 1.76. The smallest absolute Gasteiger partial charge is 0.306 e. The Bertz CT molecular complexity index is 698. The third-order valence-corrected chi connectivity index (χ3v) is 2.81. The number of fused-ring (bicyclic) bond motifs is 1. The molecule has 0 unspecified atom stereocenters. The first-order valence-electron chi connectivity index (χ1n) is 5.53. The van der Waals surface area contributed by atoms with Gasteiger partial charge in [-0.3, -0.25) is 4.40 Å². The van der Waals surface area contributed by atoms with E-state index in [0.717, 1.165) is 11.3 Å². The van der Waals surface area contributed by atoms with Crippen LogP contribution in [-0.2, 0) is 6.61 Å². The van der Waals surface area contributed by atoms with Crippen molar-refractivity contribution in [3.63, 3.8) is 0 Å². The fourth-order valence-corrected chi connectivity index (χ4v) is 1.99. The summed E-state index contributed by atoms with van der Waals surface area (Å²) in [5.74, 6) is 0.844. The van der Waals surface area contributed by atoms with Gasteiger partial charge in [0.15, 0.2) is 0 Å². The fraction of sp³-hybridized carbons (Fsp3) is 0.154. The van der Waals surface area contributed by atoms with Crippen molar-refractivity contribution < 1.29 is 13.9 Å². The van der Waals surface area contributed by atoms with Crippen molar-refractivity contribution in [3.05, 3.63) is 47.7 Å². The summed E-state index contributed by atoms with van der Waals surface area (Å²) in [5.41, 5.74) is 1.99. The average molecular weight is 246 g/mol. The molecule has 5 heteroatoms. The van der Waals surface area contributed by atoms with E-state index in [9.17, 15) is 9.50 Å². The second-order valence-electron chi connectivity index (χ2n) is 4.07. The van der Waals surface area contributed by atoms with Crippen LogP contribution in [0, 0.1) is 12.7 Å². The molecular weight excluding hydrogens is 235 g/mol. The molecule has 0 spiro atoms. The zero-order valence-corrected chi connectivity index (χ0v) is 9.72. The molecule has 3 aromatic rings. The van der Waals surface area contributed by atoms with Gasteiger partial charge in [0.25, 0.3) is 0 Å². The molecule has 18 heavy (non-hydrogen) atoms. The number of aliphatic hydroxyl groups excluding tert-OH is 1. The predicted molar refractivity (Wildman–Crippen MR) is 63.5 cm³/mol. The van der Waals surface area contributed by atoms with E-state index < -0.39 is 0 Å². The molecule has 0 aliphatic carbocycles. The third kappa shape index (κ3) is 1.60. The summed E-state index contributed by atoms with van der Waals surface area (Å²) in [6, 6.07) is 5.98. The number of aryl methyl sites for hydroxylation is 1. The minimum Gasteiger partial charge on any atom is -0.429 e. The van der Waals surface area contributed by atoms with Gasteiger partial charge in [0, 0.05) is 5.56 Å². The first-order valence-corrected chi connectivity index (χ1v) is 5.53. The summed E-state index contributed by atoms with van der Waals surface area (Å²) in [6.45, 7) is 1.65. The standard InChI is InChI=1S/C13H11FN2O2/c1-8-6-16-11(7-17)12(15-13(16)18-8)9-2-4-10(14)5-3-9/h2-6,17H,7H2,1H3. The van der Waals surface area contributed by atoms with Gasteiger partial charge in [-0.15, -0.1) is 0 Å². The monoisotopic (exact) mass is 246 g/mol. The van der Waals surface area contributed by atoms with Crippen LogP contribution in [0.4, 0.5) is 4.39 Å². The number of imidazole rings is 1. The molecule has 2 heterocycles. The van der Waals surface area contributed by atoms with Gasteiger partial charge in [0.2, 0.25) is 0 Å². The summed E-state index contributed by atoms with van der Waals surface area (Å²) >= 11 is 0. The Hall–Kier alpha value is -2.14. The summed E-state index contributed by atoms with van der Waals surface area (Å²) in [5, 5.41) is 9.45. The number of rotatable bonds is 2. The number of aromatic nitrogens is 2. The Morgan fingerprint density at radius 2 is 2.06 bits per heavy atom. The van der Waals surface area contributed by atoms with E-state index in [2.05, 4.69) is 4.98 Å². The predicted octanol–water partition coefficient (Wildman–Crippen LogP) is 2.53. The second kappa shape index (κ2) is 3.96. The largest absolute Gasteiger partial charge is 0.429 e. The average Bonchev–Trinajstić information content (AvgIpc) is 2.85. The molecular formula is C13H11FN2O2. The van der Waals surface area contributed by atoms with Crippen LogP contribution in [0.25, 0.3) is 17.1 Å². The van der Waals surface area contributed by atoms with E-state index in [1.54, 1.807) is 22.7 Å². The number of nitrogens with zero attached hydrogens (tertiary/aromatic N) is 2.